The smallest absolute Gasteiger partial charge is 0.335 e. The maximum Gasteiger partial charge on any atom is 0.335 e. The van der Waals surface area contributed by atoms with Gasteiger partial charge in [-0.1, -0.05) is 42.5 Å². The molecule has 0 fully saturated rings. The van der Waals surface area contributed by atoms with E-state index in [4.69, 9.17) is 5.11 Å². The van der Waals surface area contributed by atoms with Crippen LogP contribution >= 0.6 is 0 Å². The molecule has 30 heavy (non-hydrogen) atoms. The van der Waals surface area contributed by atoms with Gasteiger partial charge in [-0.2, -0.15) is 0 Å². The molecule has 0 atom stereocenters. The Morgan fingerprint density at radius 2 is 1.63 bits per heavy atom. The van der Waals surface area contributed by atoms with Gasteiger partial charge in [0.1, 0.15) is 0 Å². The number of anilines is 1. The van der Waals surface area contributed by atoms with E-state index in [1.165, 1.54) is 30.3 Å². The molecule has 0 aliphatic heterocycles. The summed E-state index contributed by atoms with van der Waals surface area (Å²) < 4.78 is 28.1. The average Bonchev–Trinajstić information content (AvgIpc) is 2.73. The van der Waals surface area contributed by atoms with Crippen LogP contribution in [0.3, 0.4) is 0 Å². The lowest BCUT2D eigenvalue weighted by atomic mass is 10.1. The molecular weight excluding hydrogens is 404 g/mol. The van der Waals surface area contributed by atoms with Crippen molar-refractivity contribution in [3.63, 3.8) is 0 Å². The van der Waals surface area contributed by atoms with Crippen LogP contribution in [0.5, 0.6) is 0 Å². The highest BCUT2D eigenvalue weighted by atomic mass is 32.2. The Hall–Kier alpha value is -3.49. The number of hydrogen-bond acceptors (Lipinski definition) is 4. The van der Waals surface area contributed by atoms with E-state index in [-0.39, 0.29) is 22.6 Å². The van der Waals surface area contributed by atoms with E-state index in [1.807, 2.05) is 30.3 Å². The number of aromatic carboxylic acids is 1. The lowest BCUT2D eigenvalue weighted by Gasteiger charge is -2.12. The fourth-order valence-electron chi connectivity index (χ4n) is 2.82. The lowest BCUT2D eigenvalue weighted by Crippen LogP contribution is -2.24. The highest BCUT2D eigenvalue weighted by Crippen LogP contribution is 2.19. The fraction of sp³-hybridized carbons (Fsp3) is 0.0909. The Balaban J connectivity index is 1.81. The topological polar surface area (TPSA) is 113 Å². The first-order chi connectivity index (χ1) is 14.3. The molecule has 8 heteroatoms. The van der Waals surface area contributed by atoms with E-state index in [0.29, 0.717) is 11.3 Å². The predicted molar refractivity (Wildman–Crippen MR) is 113 cm³/mol. The van der Waals surface area contributed by atoms with Gasteiger partial charge in [0.25, 0.3) is 5.91 Å². The Morgan fingerprint density at radius 1 is 0.900 bits per heavy atom. The van der Waals surface area contributed by atoms with Gasteiger partial charge in [-0.3, -0.25) is 4.79 Å². The maximum atomic E-state index is 12.8. The number of carbonyl (C=O) groups is 2. The highest BCUT2D eigenvalue weighted by Gasteiger charge is 2.19. The lowest BCUT2D eigenvalue weighted by molar-refractivity contribution is 0.0696. The third-order valence-corrected chi connectivity index (χ3v) is 5.96. The summed E-state index contributed by atoms with van der Waals surface area (Å²) in [4.78, 5) is 23.7. The van der Waals surface area contributed by atoms with Crippen LogP contribution in [0.2, 0.25) is 0 Å². The van der Waals surface area contributed by atoms with Crippen LogP contribution in [0, 0.1) is 6.92 Å². The van der Waals surface area contributed by atoms with Crippen LogP contribution in [-0.4, -0.2) is 25.4 Å². The maximum absolute atomic E-state index is 12.8. The van der Waals surface area contributed by atoms with Crippen molar-refractivity contribution in [2.75, 3.05) is 5.32 Å². The predicted octanol–water partition coefficient (Wildman–Crippen LogP) is 3.42. The molecule has 0 heterocycles. The van der Waals surface area contributed by atoms with Gasteiger partial charge in [-0.15, -0.1) is 0 Å². The second-order valence-electron chi connectivity index (χ2n) is 6.63. The summed E-state index contributed by atoms with van der Waals surface area (Å²) in [6.45, 7) is 1.77. The molecule has 154 valence electrons. The Kier molecular flexibility index (Phi) is 6.29. The minimum absolute atomic E-state index is 0.00497. The number of amides is 1. The van der Waals surface area contributed by atoms with Gasteiger partial charge in [-0.05, 0) is 48.4 Å². The van der Waals surface area contributed by atoms with Crippen LogP contribution in [0.25, 0.3) is 0 Å². The molecule has 7 nitrogen and oxygen atoms in total. The minimum atomic E-state index is -3.84. The van der Waals surface area contributed by atoms with Crippen LogP contribution < -0.4 is 10.0 Å². The van der Waals surface area contributed by atoms with Crippen molar-refractivity contribution >= 4 is 27.6 Å². The van der Waals surface area contributed by atoms with Crippen molar-refractivity contribution in [2.45, 2.75) is 18.4 Å². The quantitative estimate of drug-likeness (QED) is 0.538. The number of nitrogens with one attached hydrogen (secondary N) is 2. The number of carboxylic acids is 1. The molecule has 0 aromatic heterocycles. The summed E-state index contributed by atoms with van der Waals surface area (Å²) >= 11 is 0. The number of rotatable bonds is 7. The van der Waals surface area contributed by atoms with E-state index in [9.17, 15) is 18.0 Å². The molecule has 0 radical (unpaired) electrons. The second kappa shape index (κ2) is 8.89. The van der Waals surface area contributed by atoms with Crippen molar-refractivity contribution in [1.82, 2.24) is 4.72 Å². The molecule has 0 aliphatic rings. The molecular formula is C22H20N2O5S. The monoisotopic (exact) mass is 424 g/mol. The first-order valence-corrected chi connectivity index (χ1v) is 10.5. The van der Waals surface area contributed by atoms with Gasteiger partial charge in [0.15, 0.2) is 0 Å². The SMILES string of the molecule is Cc1ccc(C(=O)Nc2cccc(C(=O)O)c2)cc1S(=O)(=O)NCc1ccccc1. The summed E-state index contributed by atoms with van der Waals surface area (Å²) in [5, 5.41) is 11.7. The third kappa shape index (κ3) is 5.11. The fourth-order valence-corrected chi connectivity index (χ4v) is 4.10. The summed E-state index contributed by atoms with van der Waals surface area (Å²) in [6.07, 6.45) is 0. The van der Waals surface area contributed by atoms with Crippen LogP contribution in [0.15, 0.2) is 77.7 Å². The Morgan fingerprint density at radius 3 is 2.33 bits per heavy atom. The first kappa shape index (κ1) is 21.2. The summed E-state index contributed by atoms with van der Waals surface area (Å²) in [5.74, 6) is -1.66. The highest BCUT2D eigenvalue weighted by molar-refractivity contribution is 7.89. The standard InChI is InChI=1S/C22H20N2O5S/c1-15-10-11-17(21(25)24-19-9-5-8-18(12-19)22(26)27)13-20(15)30(28,29)23-14-16-6-3-2-4-7-16/h2-13,23H,14H2,1H3,(H,24,25)(H,26,27). The number of benzene rings is 3. The molecule has 0 unspecified atom stereocenters. The van der Waals surface area contributed by atoms with Crippen molar-refractivity contribution in [3.05, 3.63) is 95.1 Å². The molecule has 1 amide bonds. The van der Waals surface area contributed by atoms with Crippen molar-refractivity contribution in [2.24, 2.45) is 0 Å². The largest absolute Gasteiger partial charge is 0.478 e. The zero-order valence-corrected chi connectivity index (χ0v) is 16.9. The Bertz CT molecular complexity index is 1190. The van der Waals surface area contributed by atoms with Gasteiger partial charge in [0, 0.05) is 17.8 Å². The van der Waals surface area contributed by atoms with Gasteiger partial charge in [0.05, 0.1) is 10.5 Å². The van der Waals surface area contributed by atoms with Crippen LogP contribution in [0.4, 0.5) is 5.69 Å². The molecule has 0 aliphatic carbocycles. The molecule has 0 saturated carbocycles. The van der Waals surface area contributed by atoms with Crippen molar-refractivity contribution in [3.8, 4) is 0 Å². The minimum Gasteiger partial charge on any atom is -0.478 e. The molecule has 3 aromatic carbocycles. The van der Waals surface area contributed by atoms with Gasteiger partial charge < -0.3 is 10.4 Å². The second-order valence-corrected chi connectivity index (χ2v) is 8.37. The van der Waals surface area contributed by atoms with E-state index in [2.05, 4.69) is 10.0 Å². The molecule has 3 N–H and O–H groups in total. The van der Waals surface area contributed by atoms with E-state index in [0.717, 1.165) is 5.56 Å². The van der Waals surface area contributed by atoms with Crippen molar-refractivity contribution in [1.29, 1.82) is 0 Å². The third-order valence-electron chi connectivity index (χ3n) is 4.42. The van der Waals surface area contributed by atoms with Crippen LogP contribution in [0.1, 0.15) is 31.8 Å². The number of hydrogen-bond donors (Lipinski definition) is 3. The molecule has 0 bridgehead atoms. The summed E-state index contributed by atoms with van der Waals surface area (Å²) in [7, 11) is -3.84. The van der Waals surface area contributed by atoms with Gasteiger partial charge in [-0.25, -0.2) is 17.9 Å². The van der Waals surface area contributed by atoms with E-state index < -0.39 is 21.9 Å². The van der Waals surface area contributed by atoms with Crippen LogP contribution in [-0.2, 0) is 16.6 Å². The zero-order chi connectivity index (χ0) is 21.7. The normalized spacial score (nSPS) is 11.1. The number of sulfonamides is 1. The number of aryl methyl sites for hydroxylation is 1. The average molecular weight is 424 g/mol. The van der Waals surface area contributed by atoms with Crippen molar-refractivity contribution < 1.29 is 23.1 Å². The zero-order valence-electron chi connectivity index (χ0n) is 16.1. The van der Waals surface area contributed by atoms with Gasteiger partial charge >= 0.3 is 5.97 Å². The summed E-state index contributed by atoms with van der Waals surface area (Å²) in [5.41, 5.74) is 1.78. The van der Waals surface area contributed by atoms with Gasteiger partial charge in [0.2, 0.25) is 10.0 Å². The first-order valence-electron chi connectivity index (χ1n) is 9.05. The molecule has 0 saturated heterocycles. The number of carbonyl (C=O) groups excluding carboxylic acids is 1. The summed E-state index contributed by atoms with van der Waals surface area (Å²) in [6, 6.07) is 19.3. The van der Waals surface area contributed by atoms with E-state index >= 15 is 0 Å². The Labute approximate surface area is 174 Å². The molecule has 3 rings (SSSR count). The van der Waals surface area contributed by atoms with E-state index in [1.54, 1.807) is 19.1 Å². The number of carboxylic acid groups (broad SMARTS) is 1. The molecule has 3 aromatic rings. The molecule has 0 spiro atoms.